The molecule has 0 spiro atoms. The molecule has 1 heterocycles. The van der Waals surface area contributed by atoms with E-state index in [1.807, 2.05) is 0 Å². The summed E-state index contributed by atoms with van der Waals surface area (Å²) in [5.74, 6) is -0.284. The minimum absolute atomic E-state index is 0.0664. The lowest BCUT2D eigenvalue weighted by Crippen LogP contribution is -2.23. The molecule has 0 radical (unpaired) electrons. The molecular formula is C13H18N2O3S. The number of rotatable bonds is 4. The molecule has 0 amide bonds. The van der Waals surface area contributed by atoms with Gasteiger partial charge < -0.3 is 9.72 Å². The highest BCUT2D eigenvalue weighted by Crippen LogP contribution is 2.22. The highest BCUT2D eigenvalue weighted by atomic mass is 32.2. The van der Waals surface area contributed by atoms with E-state index in [-0.39, 0.29) is 16.8 Å². The number of thioether (sulfide) groups is 1. The number of carbonyl (C=O) groups excluding carboxylic acids is 1. The summed E-state index contributed by atoms with van der Waals surface area (Å²) in [5, 5.41) is 0.135. The van der Waals surface area contributed by atoms with E-state index in [9.17, 15) is 9.59 Å². The lowest BCUT2D eigenvalue weighted by atomic mass is 9.97. The molecule has 1 aromatic heterocycles. The van der Waals surface area contributed by atoms with E-state index in [0.29, 0.717) is 11.8 Å². The van der Waals surface area contributed by atoms with Crippen molar-refractivity contribution < 1.29 is 9.53 Å². The highest BCUT2D eigenvalue weighted by molar-refractivity contribution is 8.00. The van der Waals surface area contributed by atoms with Crippen LogP contribution >= 0.6 is 11.8 Å². The number of carbonyl (C=O) groups is 1. The number of fused-ring (bicyclic) bond motifs is 1. The second-order valence-corrected chi connectivity index (χ2v) is 5.85. The van der Waals surface area contributed by atoms with E-state index < -0.39 is 0 Å². The zero-order chi connectivity index (χ0) is 13.8. The summed E-state index contributed by atoms with van der Waals surface area (Å²) < 4.78 is 4.94. The SMILES string of the molecule is CCOC(=O)C(C)Sc1nc2c(c(=O)[nH]1)CCCC2. The van der Waals surface area contributed by atoms with Crippen molar-refractivity contribution in [1.82, 2.24) is 9.97 Å². The van der Waals surface area contributed by atoms with Crippen LogP contribution < -0.4 is 5.56 Å². The van der Waals surface area contributed by atoms with Crippen molar-refractivity contribution >= 4 is 17.7 Å². The molecule has 1 aliphatic rings. The van der Waals surface area contributed by atoms with E-state index >= 15 is 0 Å². The minimum atomic E-state index is -0.371. The molecule has 0 saturated heterocycles. The Morgan fingerprint density at radius 3 is 2.95 bits per heavy atom. The molecule has 1 aliphatic carbocycles. The van der Waals surface area contributed by atoms with Gasteiger partial charge in [0.1, 0.15) is 5.25 Å². The number of ether oxygens (including phenoxy) is 1. The van der Waals surface area contributed by atoms with Crippen molar-refractivity contribution in [3.63, 3.8) is 0 Å². The fraction of sp³-hybridized carbons (Fsp3) is 0.615. The van der Waals surface area contributed by atoms with Crippen molar-refractivity contribution in [3.8, 4) is 0 Å². The smallest absolute Gasteiger partial charge is 0.319 e. The van der Waals surface area contributed by atoms with Crippen LogP contribution in [0.15, 0.2) is 9.95 Å². The molecule has 2 rings (SSSR count). The molecule has 6 heteroatoms. The second-order valence-electron chi connectivity index (χ2n) is 4.52. The standard InChI is InChI=1S/C13H18N2O3S/c1-3-18-12(17)8(2)19-13-14-10-7-5-4-6-9(10)11(16)15-13/h8H,3-7H2,1-2H3,(H,14,15,16). The van der Waals surface area contributed by atoms with Crippen LogP contribution in [0.5, 0.6) is 0 Å². The topological polar surface area (TPSA) is 72.0 Å². The van der Waals surface area contributed by atoms with Crippen LogP contribution in [-0.2, 0) is 22.4 Å². The Bertz CT molecular complexity index is 527. The number of aromatic nitrogens is 2. The van der Waals surface area contributed by atoms with E-state index in [1.54, 1.807) is 13.8 Å². The first kappa shape index (κ1) is 14.1. The third-order valence-corrected chi connectivity index (χ3v) is 4.04. The first-order valence-corrected chi connectivity index (χ1v) is 7.45. The molecule has 1 aromatic rings. The van der Waals surface area contributed by atoms with Crippen LogP contribution in [0.1, 0.15) is 37.9 Å². The first-order chi connectivity index (χ1) is 9.11. The van der Waals surface area contributed by atoms with Crippen molar-refractivity contribution in [3.05, 3.63) is 21.6 Å². The van der Waals surface area contributed by atoms with E-state index in [2.05, 4.69) is 9.97 Å². The number of hydrogen-bond donors (Lipinski definition) is 1. The van der Waals surface area contributed by atoms with Gasteiger partial charge in [-0.05, 0) is 39.5 Å². The van der Waals surface area contributed by atoms with E-state index in [1.165, 1.54) is 11.8 Å². The molecule has 1 N–H and O–H groups in total. The van der Waals surface area contributed by atoms with Crippen molar-refractivity contribution in [2.24, 2.45) is 0 Å². The van der Waals surface area contributed by atoms with Gasteiger partial charge in [0.25, 0.3) is 5.56 Å². The summed E-state index contributed by atoms with van der Waals surface area (Å²) in [4.78, 5) is 30.7. The van der Waals surface area contributed by atoms with Gasteiger partial charge in [0.05, 0.1) is 12.3 Å². The Hall–Kier alpha value is -1.30. The number of H-pyrrole nitrogens is 1. The molecule has 104 valence electrons. The van der Waals surface area contributed by atoms with Gasteiger partial charge in [0, 0.05) is 5.56 Å². The molecule has 0 fully saturated rings. The van der Waals surface area contributed by atoms with Gasteiger partial charge in [0.2, 0.25) is 0 Å². The number of aromatic amines is 1. The Morgan fingerprint density at radius 1 is 1.47 bits per heavy atom. The summed E-state index contributed by atoms with van der Waals surface area (Å²) >= 11 is 1.24. The lowest BCUT2D eigenvalue weighted by molar-refractivity contribution is -0.142. The van der Waals surface area contributed by atoms with Gasteiger partial charge in [0.15, 0.2) is 5.16 Å². The lowest BCUT2D eigenvalue weighted by Gasteiger charge is -2.15. The molecule has 0 aliphatic heterocycles. The zero-order valence-corrected chi connectivity index (χ0v) is 12.0. The van der Waals surface area contributed by atoms with Crippen LogP contribution in [0.4, 0.5) is 0 Å². The van der Waals surface area contributed by atoms with E-state index in [4.69, 9.17) is 4.74 Å². The number of esters is 1. The van der Waals surface area contributed by atoms with Crippen LogP contribution in [-0.4, -0.2) is 27.8 Å². The van der Waals surface area contributed by atoms with Crippen LogP contribution in [0.3, 0.4) is 0 Å². The first-order valence-electron chi connectivity index (χ1n) is 6.57. The normalized spacial score (nSPS) is 15.7. The van der Waals surface area contributed by atoms with Crippen molar-refractivity contribution in [1.29, 1.82) is 0 Å². The third kappa shape index (κ3) is 3.37. The van der Waals surface area contributed by atoms with Crippen LogP contribution in [0.25, 0.3) is 0 Å². The zero-order valence-electron chi connectivity index (χ0n) is 11.2. The minimum Gasteiger partial charge on any atom is -0.465 e. The largest absolute Gasteiger partial charge is 0.465 e. The third-order valence-electron chi connectivity index (χ3n) is 3.08. The fourth-order valence-electron chi connectivity index (χ4n) is 2.11. The van der Waals surface area contributed by atoms with Gasteiger partial charge in [-0.3, -0.25) is 9.59 Å². The average Bonchev–Trinajstić information content (AvgIpc) is 2.39. The number of nitrogens with one attached hydrogen (secondary N) is 1. The van der Waals surface area contributed by atoms with Crippen molar-refractivity contribution in [2.45, 2.75) is 49.9 Å². The fourth-order valence-corrected chi connectivity index (χ4v) is 2.93. The maximum absolute atomic E-state index is 11.9. The summed E-state index contributed by atoms with van der Waals surface area (Å²) in [7, 11) is 0. The molecule has 5 nitrogen and oxygen atoms in total. The number of nitrogens with zero attached hydrogens (tertiary/aromatic N) is 1. The summed E-state index contributed by atoms with van der Waals surface area (Å²) in [5.41, 5.74) is 1.62. The molecular weight excluding hydrogens is 264 g/mol. The molecule has 1 unspecified atom stereocenters. The summed E-state index contributed by atoms with van der Waals surface area (Å²) in [6.07, 6.45) is 3.76. The maximum Gasteiger partial charge on any atom is 0.319 e. The van der Waals surface area contributed by atoms with Gasteiger partial charge in [-0.25, -0.2) is 4.98 Å². The van der Waals surface area contributed by atoms with Gasteiger partial charge in [-0.15, -0.1) is 0 Å². The van der Waals surface area contributed by atoms with E-state index in [0.717, 1.165) is 36.9 Å². The van der Waals surface area contributed by atoms with Gasteiger partial charge >= 0.3 is 5.97 Å². The Balaban J connectivity index is 2.15. The molecule has 0 saturated carbocycles. The Labute approximate surface area is 116 Å². The average molecular weight is 282 g/mol. The number of aryl methyl sites for hydroxylation is 1. The van der Waals surface area contributed by atoms with Crippen molar-refractivity contribution in [2.75, 3.05) is 6.61 Å². The predicted molar refractivity (Wildman–Crippen MR) is 73.5 cm³/mol. The van der Waals surface area contributed by atoms with Crippen LogP contribution in [0, 0.1) is 0 Å². The Kier molecular flexibility index (Phi) is 4.63. The Morgan fingerprint density at radius 2 is 2.21 bits per heavy atom. The monoisotopic (exact) mass is 282 g/mol. The summed E-state index contributed by atoms with van der Waals surface area (Å²) in [6, 6.07) is 0. The predicted octanol–water partition coefficient (Wildman–Crippen LogP) is 1.69. The second kappa shape index (κ2) is 6.23. The van der Waals surface area contributed by atoms with Gasteiger partial charge in [-0.2, -0.15) is 0 Å². The summed E-state index contributed by atoms with van der Waals surface area (Å²) in [6.45, 7) is 3.88. The quantitative estimate of drug-likeness (QED) is 0.517. The molecule has 19 heavy (non-hydrogen) atoms. The van der Waals surface area contributed by atoms with Gasteiger partial charge in [-0.1, -0.05) is 11.8 Å². The molecule has 0 bridgehead atoms. The maximum atomic E-state index is 11.9. The van der Waals surface area contributed by atoms with Crippen LogP contribution in [0.2, 0.25) is 0 Å². The number of hydrogen-bond acceptors (Lipinski definition) is 5. The highest BCUT2D eigenvalue weighted by Gasteiger charge is 2.20. The molecule has 0 aromatic carbocycles. The molecule has 1 atom stereocenters.